The summed E-state index contributed by atoms with van der Waals surface area (Å²) in [5.41, 5.74) is 0. The molecule has 120 valence electrons. The molecule has 0 saturated heterocycles. The first-order chi connectivity index (χ1) is 9.64. The summed E-state index contributed by atoms with van der Waals surface area (Å²) in [5.74, 6) is 0. The van der Waals surface area contributed by atoms with E-state index >= 15 is 0 Å². The maximum atomic E-state index is 5.70. The fraction of sp³-hybridized carbons (Fsp3) is 0.889. The molecule has 0 aliphatic heterocycles. The number of unbranched alkanes of at least 4 members (excludes halogenated alkanes) is 3. The van der Waals surface area contributed by atoms with Gasteiger partial charge in [0.2, 0.25) is 0 Å². The van der Waals surface area contributed by atoms with Crippen molar-refractivity contribution in [3.8, 4) is 0 Å². The van der Waals surface area contributed by atoms with Gasteiger partial charge in [-0.2, -0.15) is 0 Å². The van der Waals surface area contributed by atoms with Gasteiger partial charge in [-0.25, -0.2) is 0 Å². The van der Waals surface area contributed by atoms with E-state index in [1.165, 1.54) is 38.5 Å². The molecule has 20 heavy (non-hydrogen) atoms. The first kappa shape index (κ1) is 20.5. The quantitative estimate of drug-likeness (QED) is 0.333. The summed E-state index contributed by atoms with van der Waals surface area (Å²) in [6, 6.07) is 0. The Kier molecular flexibility index (Phi) is 13.5. The number of ether oxygens (including phenoxy) is 1. The second kappa shape index (κ2) is 13.2. The van der Waals surface area contributed by atoms with Gasteiger partial charge in [0.05, 0.1) is 0 Å². The topological polar surface area (TPSA) is 9.23 Å². The van der Waals surface area contributed by atoms with Gasteiger partial charge >= 0.3 is 132 Å². The molecular formula is C18H38OSn. The van der Waals surface area contributed by atoms with Gasteiger partial charge in [0, 0.05) is 0 Å². The molecule has 0 fully saturated rings. The summed E-state index contributed by atoms with van der Waals surface area (Å²) in [4.78, 5) is 0. The van der Waals surface area contributed by atoms with Crippen LogP contribution in [-0.2, 0) is 4.74 Å². The zero-order chi connectivity index (χ0) is 15.3. The van der Waals surface area contributed by atoms with Crippen LogP contribution in [0, 0.1) is 0 Å². The summed E-state index contributed by atoms with van der Waals surface area (Å²) in [5, 5.41) is 0. The van der Waals surface area contributed by atoms with Gasteiger partial charge in [-0.05, 0) is 0 Å². The third-order valence-electron chi connectivity index (χ3n) is 4.24. The van der Waals surface area contributed by atoms with Crippen LogP contribution in [0.25, 0.3) is 0 Å². The van der Waals surface area contributed by atoms with Crippen LogP contribution >= 0.6 is 0 Å². The second-order valence-electron chi connectivity index (χ2n) is 6.19. The van der Waals surface area contributed by atoms with Crippen molar-refractivity contribution in [3.05, 3.63) is 10.2 Å². The van der Waals surface area contributed by atoms with Crippen molar-refractivity contribution in [3.63, 3.8) is 0 Å². The Labute approximate surface area is 132 Å². The molecule has 1 unspecified atom stereocenters. The van der Waals surface area contributed by atoms with Gasteiger partial charge in [-0.1, -0.05) is 0 Å². The van der Waals surface area contributed by atoms with E-state index in [1.54, 1.807) is 13.3 Å². The second-order valence-corrected chi connectivity index (χ2v) is 19.2. The van der Waals surface area contributed by atoms with Crippen molar-refractivity contribution >= 4 is 18.4 Å². The molecular weight excluding hydrogens is 351 g/mol. The zero-order valence-corrected chi connectivity index (χ0v) is 17.6. The molecule has 1 atom stereocenters. The molecule has 0 aromatic rings. The molecule has 0 spiro atoms. The maximum absolute atomic E-state index is 5.70. The predicted molar refractivity (Wildman–Crippen MR) is 95.1 cm³/mol. The van der Waals surface area contributed by atoms with Crippen LogP contribution in [0.5, 0.6) is 0 Å². The van der Waals surface area contributed by atoms with E-state index in [9.17, 15) is 0 Å². The summed E-state index contributed by atoms with van der Waals surface area (Å²) < 4.78 is 13.1. The normalized spacial score (nSPS) is 14.1. The zero-order valence-electron chi connectivity index (χ0n) is 14.7. The molecule has 0 aromatic heterocycles. The van der Waals surface area contributed by atoms with Crippen LogP contribution in [-0.4, -0.2) is 31.1 Å². The Morgan fingerprint density at radius 2 is 1.30 bits per heavy atom. The Hall–Kier alpha value is 0.499. The van der Waals surface area contributed by atoms with Crippen LogP contribution in [0.4, 0.5) is 0 Å². The van der Waals surface area contributed by atoms with Crippen molar-refractivity contribution in [2.75, 3.05) is 6.61 Å². The first-order valence-corrected chi connectivity index (χ1v) is 16.6. The fourth-order valence-corrected chi connectivity index (χ4v) is 17.4. The van der Waals surface area contributed by atoms with Crippen molar-refractivity contribution in [1.82, 2.24) is 0 Å². The molecule has 2 heteroatoms. The first-order valence-electron chi connectivity index (χ1n) is 8.95. The SMILES string of the molecule is CCC[CH2][Sn]([CH]=CC(C)OCC)([CH2]CCC)[CH2]CCC. The van der Waals surface area contributed by atoms with E-state index in [1.807, 2.05) is 0 Å². The van der Waals surface area contributed by atoms with Crippen LogP contribution in [0.2, 0.25) is 13.3 Å². The van der Waals surface area contributed by atoms with E-state index in [2.05, 4.69) is 44.8 Å². The van der Waals surface area contributed by atoms with Crippen molar-refractivity contribution < 1.29 is 4.74 Å². The van der Waals surface area contributed by atoms with Gasteiger partial charge in [0.15, 0.2) is 0 Å². The molecule has 0 heterocycles. The van der Waals surface area contributed by atoms with Gasteiger partial charge in [-0.15, -0.1) is 0 Å². The molecule has 0 radical (unpaired) electrons. The Bertz CT molecular complexity index is 216. The Morgan fingerprint density at radius 1 is 0.850 bits per heavy atom. The predicted octanol–water partition coefficient (Wildman–Crippen LogP) is 6.36. The number of hydrogen-bond donors (Lipinski definition) is 0. The van der Waals surface area contributed by atoms with Gasteiger partial charge < -0.3 is 0 Å². The van der Waals surface area contributed by atoms with E-state index in [0.29, 0.717) is 6.10 Å². The molecule has 0 aliphatic rings. The number of hydrogen-bond acceptors (Lipinski definition) is 1. The van der Waals surface area contributed by atoms with E-state index in [-0.39, 0.29) is 0 Å². The molecule has 0 aromatic carbocycles. The van der Waals surface area contributed by atoms with Crippen molar-refractivity contribution in [2.24, 2.45) is 0 Å². The van der Waals surface area contributed by atoms with E-state index in [0.717, 1.165) is 6.61 Å². The Balaban J connectivity index is 4.82. The van der Waals surface area contributed by atoms with Crippen molar-refractivity contribution in [2.45, 2.75) is 92.6 Å². The Morgan fingerprint density at radius 3 is 1.65 bits per heavy atom. The van der Waals surface area contributed by atoms with E-state index in [4.69, 9.17) is 4.74 Å². The average molecular weight is 389 g/mol. The molecule has 0 amide bonds. The van der Waals surface area contributed by atoms with Crippen LogP contribution < -0.4 is 0 Å². The molecule has 1 nitrogen and oxygen atoms in total. The number of rotatable bonds is 13. The fourth-order valence-electron chi connectivity index (χ4n) is 2.87. The summed E-state index contributed by atoms with van der Waals surface area (Å²) >= 11 is -2.05. The standard InChI is InChI=1S/C6H11O.3C4H9.Sn/c1-4-6(3)7-5-2;3*1-3-4-2;/h1,4,6H,5H2,2-3H3;3*1,3-4H2,2H3;. The molecule has 0 aliphatic carbocycles. The summed E-state index contributed by atoms with van der Waals surface area (Å²) in [6.45, 7) is 12.1. The van der Waals surface area contributed by atoms with Crippen LogP contribution in [0.15, 0.2) is 10.2 Å². The van der Waals surface area contributed by atoms with Crippen LogP contribution in [0.3, 0.4) is 0 Å². The van der Waals surface area contributed by atoms with E-state index < -0.39 is 18.4 Å². The summed E-state index contributed by atoms with van der Waals surface area (Å²) in [7, 11) is 0. The molecule has 0 bridgehead atoms. The van der Waals surface area contributed by atoms with Gasteiger partial charge in [0.1, 0.15) is 0 Å². The monoisotopic (exact) mass is 390 g/mol. The average Bonchev–Trinajstić information content (AvgIpc) is 2.46. The van der Waals surface area contributed by atoms with Gasteiger partial charge in [-0.3, -0.25) is 0 Å². The van der Waals surface area contributed by atoms with Crippen molar-refractivity contribution in [1.29, 1.82) is 0 Å². The van der Waals surface area contributed by atoms with Crippen LogP contribution in [0.1, 0.15) is 73.1 Å². The third-order valence-corrected chi connectivity index (χ3v) is 18.4. The minimum atomic E-state index is -2.05. The molecule has 0 N–H and O–H groups in total. The minimum absolute atomic E-state index is 0.306. The molecule has 0 saturated carbocycles. The third kappa shape index (κ3) is 9.44. The summed E-state index contributed by atoms with van der Waals surface area (Å²) in [6.07, 6.45) is 11.1. The molecule has 0 rings (SSSR count). The van der Waals surface area contributed by atoms with Gasteiger partial charge in [0.25, 0.3) is 0 Å².